The lowest BCUT2D eigenvalue weighted by molar-refractivity contribution is 0.807. The van der Waals surface area contributed by atoms with Crippen LogP contribution in [-0.2, 0) is 13.1 Å². The fourth-order valence-electron chi connectivity index (χ4n) is 2.60. The number of aryl methyl sites for hydroxylation is 2. The number of aromatic nitrogens is 2. The molecule has 3 nitrogen and oxygen atoms in total. The fraction of sp³-hybridized carbons (Fsp3) is 0.278. The number of hydrogen-bond acceptors (Lipinski definition) is 2. The van der Waals surface area contributed by atoms with Crippen molar-refractivity contribution in [2.24, 2.45) is 0 Å². The van der Waals surface area contributed by atoms with E-state index in [0.717, 1.165) is 18.6 Å². The van der Waals surface area contributed by atoms with Crippen molar-refractivity contribution in [2.45, 2.75) is 26.9 Å². The summed E-state index contributed by atoms with van der Waals surface area (Å²) in [5.74, 6) is 0. The number of nitrogens with one attached hydrogen (secondary N) is 1. The van der Waals surface area contributed by atoms with Gasteiger partial charge in [-0.3, -0.25) is 0 Å². The average Bonchev–Trinajstić information content (AvgIpc) is 2.84. The molecule has 3 heteroatoms. The second-order valence-electron chi connectivity index (χ2n) is 5.64. The molecule has 21 heavy (non-hydrogen) atoms. The van der Waals surface area contributed by atoms with Crippen molar-refractivity contribution >= 4 is 11.0 Å². The predicted molar refractivity (Wildman–Crippen MR) is 87.5 cm³/mol. The first-order valence-corrected chi connectivity index (χ1v) is 7.32. The molecule has 0 aliphatic heterocycles. The lowest BCUT2D eigenvalue weighted by Crippen LogP contribution is -2.05. The summed E-state index contributed by atoms with van der Waals surface area (Å²) >= 11 is 0. The van der Waals surface area contributed by atoms with Crippen LogP contribution in [0, 0.1) is 13.8 Å². The molecular formula is C18H21N3. The number of fused-ring (bicyclic) bond motifs is 1. The lowest BCUT2D eigenvalue weighted by Gasteiger charge is -2.07. The van der Waals surface area contributed by atoms with Crippen LogP contribution in [0.5, 0.6) is 0 Å². The summed E-state index contributed by atoms with van der Waals surface area (Å²) in [6.07, 6.45) is 1.94. The molecule has 0 saturated heterocycles. The van der Waals surface area contributed by atoms with Crippen LogP contribution < -0.4 is 5.32 Å². The zero-order valence-electron chi connectivity index (χ0n) is 12.9. The molecule has 0 saturated carbocycles. The minimum Gasteiger partial charge on any atom is -0.326 e. The third-order valence-corrected chi connectivity index (χ3v) is 3.99. The largest absolute Gasteiger partial charge is 0.326 e. The molecule has 1 heterocycles. The van der Waals surface area contributed by atoms with Gasteiger partial charge in [-0.05, 0) is 55.3 Å². The van der Waals surface area contributed by atoms with Crippen LogP contribution in [-0.4, -0.2) is 16.6 Å². The van der Waals surface area contributed by atoms with Gasteiger partial charge in [0.15, 0.2) is 0 Å². The van der Waals surface area contributed by atoms with Crippen molar-refractivity contribution in [3.8, 4) is 0 Å². The molecule has 1 aromatic heterocycles. The van der Waals surface area contributed by atoms with Crippen LogP contribution in [0.25, 0.3) is 11.0 Å². The van der Waals surface area contributed by atoms with Crippen molar-refractivity contribution < 1.29 is 0 Å². The summed E-state index contributed by atoms with van der Waals surface area (Å²) < 4.78 is 2.22. The van der Waals surface area contributed by atoms with Crippen LogP contribution in [0.15, 0.2) is 42.7 Å². The molecule has 0 atom stereocenters. The average molecular weight is 279 g/mol. The van der Waals surface area contributed by atoms with Crippen LogP contribution in [0.4, 0.5) is 0 Å². The Morgan fingerprint density at radius 1 is 1.00 bits per heavy atom. The molecule has 108 valence electrons. The van der Waals surface area contributed by atoms with E-state index in [1.54, 1.807) is 0 Å². The number of hydrogen-bond donors (Lipinski definition) is 1. The molecule has 0 fully saturated rings. The number of rotatable bonds is 4. The number of imidazole rings is 1. The Balaban J connectivity index is 1.89. The maximum Gasteiger partial charge on any atom is 0.0961 e. The normalized spacial score (nSPS) is 11.2. The molecule has 0 bridgehead atoms. The maximum atomic E-state index is 4.52. The molecule has 0 aliphatic carbocycles. The van der Waals surface area contributed by atoms with Crippen LogP contribution >= 0.6 is 0 Å². The second-order valence-corrected chi connectivity index (χ2v) is 5.64. The van der Waals surface area contributed by atoms with Crippen molar-refractivity contribution in [3.05, 3.63) is 65.0 Å². The highest BCUT2D eigenvalue weighted by Gasteiger charge is 2.05. The monoisotopic (exact) mass is 279 g/mol. The van der Waals surface area contributed by atoms with E-state index in [0.29, 0.717) is 0 Å². The van der Waals surface area contributed by atoms with Gasteiger partial charge < -0.3 is 9.88 Å². The van der Waals surface area contributed by atoms with Crippen LogP contribution in [0.1, 0.15) is 22.3 Å². The minimum atomic E-state index is 0.860. The standard InChI is InChI=1S/C18H21N3/c1-13-8-17-18(9-14(13)2)21(12-20-17)11-16-6-4-15(5-7-16)10-19-3/h4-9,12,19H,10-11H2,1-3H3. The summed E-state index contributed by atoms with van der Waals surface area (Å²) in [5.41, 5.74) is 7.50. The Labute approximate surface area is 125 Å². The zero-order chi connectivity index (χ0) is 14.8. The molecule has 0 spiro atoms. The second kappa shape index (κ2) is 5.70. The maximum absolute atomic E-state index is 4.52. The Morgan fingerprint density at radius 3 is 2.38 bits per heavy atom. The first-order valence-electron chi connectivity index (χ1n) is 7.32. The van der Waals surface area contributed by atoms with Gasteiger partial charge in [0.1, 0.15) is 0 Å². The van der Waals surface area contributed by atoms with Gasteiger partial charge >= 0.3 is 0 Å². The van der Waals surface area contributed by atoms with E-state index in [1.165, 1.54) is 27.8 Å². The summed E-state index contributed by atoms with van der Waals surface area (Å²) in [4.78, 5) is 4.52. The molecule has 0 radical (unpaired) electrons. The van der Waals surface area contributed by atoms with Crippen molar-refractivity contribution in [1.82, 2.24) is 14.9 Å². The molecule has 0 aliphatic rings. The summed E-state index contributed by atoms with van der Waals surface area (Å²) in [6, 6.07) is 13.1. The van der Waals surface area contributed by atoms with Crippen molar-refractivity contribution in [2.75, 3.05) is 7.05 Å². The molecule has 3 rings (SSSR count). The van der Waals surface area contributed by atoms with Gasteiger partial charge in [-0.2, -0.15) is 0 Å². The fourth-order valence-corrected chi connectivity index (χ4v) is 2.60. The Morgan fingerprint density at radius 2 is 1.67 bits per heavy atom. The Kier molecular flexibility index (Phi) is 3.76. The topological polar surface area (TPSA) is 29.9 Å². The van der Waals surface area contributed by atoms with E-state index in [-0.39, 0.29) is 0 Å². The van der Waals surface area contributed by atoms with E-state index in [9.17, 15) is 0 Å². The van der Waals surface area contributed by atoms with Gasteiger partial charge in [-0.25, -0.2) is 4.98 Å². The van der Waals surface area contributed by atoms with Gasteiger partial charge in [-0.15, -0.1) is 0 Å². The van der Waals surface area contributed by atoms with E-state index in [2.05, 4.69) is 65.1 Å². The zero-order valence-corrected chi connectivity index (χ0v) is 12.9. The first kappa shape index (κ1) is 13.8. The summed E-state index contributed by atoms with van der Waals surface area (Å²) in [6.45, 7) is 6.05. The molecule has 3 aromatic rings. The SMILES string of the molecule is CNCc1ccc(Cn2cnc3cc(C)c(C)cc32)cc1. The third-order valence-electron chi connectivity index (χ3n) is 3.99. The molecule has 1 N–H and O–H groups in total. The van der Waals surface area contributed by atoms with Gasteiger partial charge in [-0.1, -0.05) is 24.3 Å². The van der Waals surface area contributed by atoms with E-state index in [4.69, 9.17) is 0 Å². The van der Waals surface area contributed by atoms with Crippen LogP contribution in [0.3, 0.4) is 0 Å². The van der Waals surface area contributed by atoms with Gasteiger partial charge in [0.2, 0.25) is 0 Å². The number of benzene rings is 2. The van der Waals surface area contributed by atoms with Crippen LogP contribution in [0.2, 0.25) is 0 Å². The molecular weight excluding hydrogens is 258 g/mol. The van der Waals surface area contributed by atoms with E-state index >= 15 is 0 Å². The predicted octanol–water partition coefficient (Wildman–Crippen LogP) is 3.42. The highest BCUT2D eigenvalue weighted by molar-refractivity contribution is 5.77. The highest BCUT2D eigenvalue weighted by atomic mass is 15.0. The first-order chi connectivity index (χ1) is 10.2. The van der Waals surface area contributed by atoms with Gasteiger partial charge in [0, 0.05) is 13.1 Å². The van der Waals surface area contributed by atoms with E-state index in [1.807, 2.05) is 13.4 Å². The minimum absolute atomic E-state index is 0.860. The molecule has 0 amide bonds. The van der Waals surface area contributed by atoms with E-state index < -0.39 is 0 Å². The molecule has 0 unspecified atom stereocenters. The van der Waals surface area contributed by atoms with Crippen molar-refractivity contribution in [1.29, 1.82) is 0 Å². The molecule has 2 aromatic carbocycles. The van der Waals surface area contributed by atoms with Crippen molar-refractivity contribution in [3.63, 3.8) is 0 Å². The van der Waals surface area contributed by atoms with Gasteiger partial charge in [0.25, 0.3) is 0 Å². The third kappa shape index (κ3) is 2.83. The van der Waals surface area contributed by atoms with Gasteiger partial charge in [0.05, 0.1) is 17.4 Å². The quantitative estimate of drug-likeness (QED) is 0.793. The highest BCUT2D eigenvalue weighted by Crippen LogP contribution is 2.19. The summed E-state index contributed by atoms with van der Waals surface area (Å²) in [7, 11) is 1.97. The summed E-state index contributed by atoms with van der Waals surface area (Å²) in [5, 5.41) is 3.17. The lowest BCUT2D eigenvalue weighted by atomic mass is 10.1. The Bertz CT molecular complexity index is 754. The smallest absolute Gasteiger partial charge is 0.0961 e. The Hall–Kier alpha value is -2.13. The number of nitrogens with zero attached hydrogens (tertiary/aromatic N) is 2.